The maximum absolute atomic E-state index is 12.9. The highest BCUT2D eigenvalue weighted by atomic mass is 127. The molecule has 4 rings (SSSR count). The molecule has 5 heteroatoms. The Morgan fingerprint density at radius 3 is 2.74 bits per heavy atom. The highest BCUT2D eigenvalue weighted by Gasteiger charge is 2.32. The molecule has 1 amide bonds. The van der Waals surface area contributed by atoms with E-state index in [2.05, 4.69) is 28.7 Å². The van der Waals surface area contributed by atoms with Crippen LogP contribution < -0.4 is 0 Å². The molecule has 2 aromatic carbocycles. The van der Waals surface area contributed by atoms with Crippen LogP contribution in [-0.2, 0) is 0 Å². The molecule has 1 atom stereocenters. The number of fused-ring (bicyclic) bond motifs is 1. The summed E-state index contributed by atoms with van der Waals surface area (Å²) in [5.74, 6) is 0.114. The third-order valence-electron chi connectivity index (χ3n) is 4.20. The number of halogens is 1. The van der Waals surface area contributed by atoms with Crippen LogP contribution in [0.15, 0.2) is 48.5 Å². The van der Waals surface area contributed by atoms with Crippen LogP contribution in [0.4, 0.5) is 0 Å². The fourth-order valence-electron chi connectivity index (χ4n) is 3.06. The zero-order chi connectivity index (χ0) is 15.8. The number of carbonyl (C=O) groups excluding carboxylic acids is 1. The van der Waals surface area contributed by atoms with Crippen LogP contribution in [0.5, 0.6) is 0 Å². The summed E-state index contributed by atoms with van der Waals surface area (Å²) in [6.45, 7) is 0.811. The molecule has 1 saturated heterocycles. The summed E-state index contributed by atoms with van der Waals surface area (Å²) in [6.07, 6.45) is 2.03. The van der Waals surface area contributed by atoms with E-state index >= 15 is 0 Å². The van der Waals surface area contributed by atoms with Crippen LogP contribution in [0.25, 0.3) is 10.2 Å². The Kier molecular flexibility index (Phi) is 4.07. The van der Waals surface area contributed by atoms with E-state index in [0.29, 0.717) is 0 Å². The van der Waals surface area contributed by atoms with E-state index in [4.69, 9.17) is 4.98 Å². The van der Waals surface area contributed by atoms with Gasteiger partial charge < -0.3 is 4.90 Å². The van der Waals surface area contributed by atoms with Crippen molar-refractivity contribution in [2.75, 3.05) is 6.54 Å². The molecule has 3 nitrogen and oxygen atoms in total. The Balaban J connectivity index is 1.65. The summed E-state index contributed by atoms with van der Waals surface area (Å²) in [7, 11) is 0. The Bertz CT molecular complexity index is 826. The van der Waals surface area contributed by atoms with Gasteiger partial charge in [0, 0.05) is 15.7 Å². The predicted molar refractivity (Wildman–Crippen MR) is 102 cm³/mol. The second-order valence-corrected chi connectivity index (χ2v) is 7.99. The normalized spacial score (nSPS) is 17.8. The highest BCUT2D eigenvalue weighted by Crippen LogP contribution is 2.37. The average molecular weight is 434 g/mol. The van der Waals surface area contributed by atoms with Crippen LogP contribution in [0.3, 0.4) is 0 Å². The summed E-state index contributed by atoms with van der Waals surface area (Å²) < 4.78 is 2.33. The second-order valence-electron chi connectivity index (χ2n) is 5.68. The molecule has 0 N–H and O–H groups in total. The lowest BCUT2D eigenvalue weighted by Crippen LogP contribution is -2.30. The molecule has 0 radical (unpaired) electrons. The smallest absolute Gasteiger partial charge is 0.254 e. The topological polar surface area (TPSA) is 33.2 Å². The summed E-state index contributed by atoms with van der Waals surface area (Å²) in [5, 5.41) is 1.06. The first-order valence-corrected chi connectivity index (χ1v) is 9.54. The van der Waals surface area contributed by atoms with Crippen LogP contribution in [0.1, 0.15) is 34.2 Å². The van der Waals surface area contributed by atoms with Gasteiger partial charge in [-0.1, -0.05) is 12.1 Å². The third-order valence-corrected chi connectivity index (χ3v) is 6.06. The van der Waals surface area contributed by atoms with Gasteiger partial charge in [0.15, 0.2) is 0 Å². The maximum Gasteiger partial charge on any atom is 0.254 e. The summed E-state index contributed by atoms with van der Waals surface area (Å²) in [6, 6.07) is 16.1. The van der Waals surface area contributed by atoms with E-state index in [1.165, 1.54) is 4.70 Å². The predicted octanol–water partition coefficient (Wildman–Crippen LogP) is 4.88. The van der Waals surface area contributed by atoms with E-state index in [-0.39, 0.29) is 11.9 Å². The third kappa shape index (κ3) is 2.87. The first-order valence-electron chi connectivity index (χ1n) is 7.64. The van der Waals surface area contributed by atoms with Crippen molar-refractivity contribution >= 4 is 50.1 Å². The van der Waals surface area contributed by atoms with Crippen molar-refractivity contribution in [2.24, 2.45) is 0 Å². The number of aromatic nitrogens is 1. The summed E-state index contributed by atoms with van der Waals surface area (Å²) in [4.78, 5) is 19.6. The van der Waals surface area contributed by atoms with E-state index in [1.54, 1.807) is 11.3 Å². The van der Waals surface area contributed by atoms with Gasteiger partial charge in [-0.3, -0.25) is 4.79 Å². The minimum Gasteiger partial charge on any atom is -0.329 e. The van der Waals surface area contributed by atoms with Crippen LogP contribution in [0.2, 0.25) is 0 Å². The van der Waals surface area contributed by atoms with Gasteiger partial charge in [-0.25, -0.2) is 4.98 Å². The van der Waals surface area contributed by atoms with Crippen molar-refractivity contribution in [3.05, 3.63) is 62.7 Å². The number of amides is 1. The number of nitrogens with zero attached hydrogens (tertiary/aromatic N) is 2. The quantitative estimate of drug-likeness (QED) is 0.539. The van der Waals surface area contributed by atoms with Gasteiger partial charge in [-0.2, -0.15) is 0 Å². The molecule has 23 heavy (non-hydrogen) atoms. The number of thiazole rings is 1. The number of benzene rings is 2. The minimum absolute atomic E-state index is 0.110. The lowest BCUT2D eigenvalue weighted by atomic mass is 10.1. The molecular formula is C18H15IN2OS. The minimum atomic E-state index is 0.110. The number of likely N-dealkylation sites (tertiary alicyclic amines) is 1. The molecule has 1 unspecified atom stereocenters. The Morgan fingerprint density at radius 1 is 1.17 bits per heavy atom. The highest BCUT2D eigenvalue weighted by molar-refractivity contribution is 14.1. The number of hydrogen-bond donors (Lipinski definition) is 0. The molecule has 1 aliphatic rings. The fraction of sp³-hybridized carbons (Fsp3) is 0.222. The monoisotopic (exact) mass is 434 g/mol. The van der Waals surface area contributed by atoms with Crippen molar-refractivity contribution < 1.29 is 4.79 Å². The molecule has 1 aromatic heterocycles. The first kappa shape index (κ1) is 15.1. The van der Waals surface area contributed by atoms with E-state index in [9.17, 15) is 4.79 Å². The SMILES string of the molecule is O=C(c1ccc(I)cc1)N1CCCC1c1nc2ccccc2s1. The van der Waals surface area contributed by atoms with Gasteiger partial charge in [-0.05, 0) is 71.8 Å². The Morgan fingerprint density at radius 2 is 1.96 bits per heavy atom. The molecule has 0 aliphatic carbocycles. The Hall–Kier alpha value is -1.47. The van der Waals surface area contributed by atoms with Crippen LogP contribution in [-0.4, -0.2) is 22.3 Å². The van der Waals surface area contributed by atoms with Gasteiger partial charge in [0.05, 0.1) is 16.3 Å². The molecule has 0 bridgehead atoms. The molecule has 0 saturated carbocycles. The second kappa shape index (κ2) is 6.20. The van der Waals surface area contributed by atoms with Crippen LogP contribution in [0, 0.1) is 3.57 Å². The number of para-hydroxylation sites is 1. The molecule has 116 valence electrons. The lowest BCUT2D eigenvalue weighted by Gasteiger charge is -2.23. The lowest BCUT2D eigenvalue weighted by molar-refractivity contribution is 0.0735. The summed E-state index contributed by atoms with van der Waals surface area (Å²) in [5.41, 5.74) is 1.79. The van der Waals surface area contributed by atoms with E-state index in [1.807, 2.05) is 47.4 Å². The van der Waals surface area contributed by atoms with E-state index in [0.717, 1.165) is 39.0 Å². The molecule has 3 aromatic rings. The van der Waals surface area contributed by atoms with Gasteiger partial charge >= 0.3 is 0 Å². The largest absolute Gasteiger partial charge is 0.329 e. The standard InChI is InChI=1S/C18H15IN2OS/c19-13-9-7-12(8-10-13)18(22)21-11-3-5-15(21)17-20-14-4-1-2-6-16(14)23-17/h1-2,4,6-10,15H,3,5,11H2. The zero-order valence-electron chi connectivity index (χ0n) is 12.4. The molecule has 2 heterocycles. The number of carbonyl (C=O) groups is 1. The van der Waals surface area contributed by atoms with Gasteiger partial charge in [0.25, 0.3) is 5.91 Å². The molecule has 0 spiro atoms. The van der Waals surface area contributed by atoms with E-state index < -0.39 is 0 Å². The fourth-order valence-corrected chi connectivity index (χ4v) is 4.53. The van der Waals surface area contributed by atoms with Crippen molar-refractivity contribution in [1.82, 2.24) is 9.88 Å². The zero-order valence-corrected chi connectivity index (χ0v) is 15.4. The van der Waals surface area contributed by atoms with Crippen molar-refractivity contribution in [3.8, 4) is 0 Å². The Labute approximate surface area is 152 Å². The average Bonchev–Trinajstić information content (AvgIpc) is 3.21. The number of hydrogen-bond acceptors (Lipinski definition) is 3. The van der Waals surface area contributed by atoms with Crippen LogP contribution >= 0.6 is 33.9 Å². The number of rotatable bonds is 2. The van der Waals surface area contributed by atoms with Gasteiger partial charge in [0.2, 0.25) is 0 Å². The molecular weight excluding hydrogens is 419 g/mol. The van der Waals surface area contributed by atoms with Crippen molar-refractivity contribution in [2.45, 2.75) is 18.9 Å². The summed E-state index contributed by atoms with van der Waals surface area (Å²) >= 11 is 3.96. The molecule has 1 fully saturated rings. The first-order chi connectivity index (χ1) is 11.2. The maximum atomic E-state index is 12.9. The molecule has 1 aliphatic heterocycles. The van der Waals surface area contributed by atoms with Crippen molar-refractivity contribution in [3.63, 3.8) is 0 Å². The van der Waals surface area contributed by atoms with Gasteiger partial charge in [0.1, 0.15) is 5.01 Å². The van der Waals surface area contributed by atoms with Gasteiger partial charge in [-0.15, -0.1) is 11.3 Å². The van der Waals surface area contributed by atoms with Crippen molar-refractivity contribution in [1.29, 1.82) is 0 Å².